The van der Waals surface area contributed by atoms with Crippen LogP contribution in [0.3, 0.4) is 0 Å². The van der Waals surface area contributed by atoms with E-state index in [-0.39, 0.29) is 28.6 Å². The highest BCUT2D eigenvalue weighted by Crippen LogP contribution is 2.35. The Bertz CT molecular complexity index is 478. The summed E-state index contributed by atoms with van der Waals surface area (Å²) in [5.41, 5.74) is -0.0872. The van der Waals surface area contributed by atoms with Gasteiger partial charge in [-0.1, -0.05) is 53.8 Å². The molecule has 0 bridgehead atoms. The molecule has 1 fully saturated rings. The Labute approximate surface area is 152 Å². The van der Waals surface area contributed by atoms with Gasteiger partial charge in [-0.25, -0.2) is 0 Å². The molecule has 5 heteroatoms. The minimum atomic E-state index is -0.175. The second kappa shape index (κ2) is 8.41. The third kappa shape index (κ3) is 5.01. The first-order valence-corrected chi connectivity index (χ1v) is 9.60. The van der Waals surface area contributed by atoms with E-state index < -0.39 is 0 Å². The monoisotopic (exact) mass is 354 g/mol. The Hall–Kier alpha value is -0.970. The molecule has 1 aliphatic heterocycles. The molecule has 2 amide bonds. The van der Waals surface area contributed by atoms with Gasteiger partial charge in [-0.15, -0.1) is 0 Å². The number of hydrogen-bond acceptors (Lipinski definition) is 3. The van der Waals surface area contributed by atoms with Crippen molar-refractivity contribution in [1.29, 1.82) is 0 Å². The largest absolute Gasteiger partial charge is 0.379 e. The van der Waals surface area contributed by atoms with Crippen LogP contribution >= 0.6 is 12.2 Å². The van der Waals surface area contributed by atoms with Crippen LogP contribution in [0, 0.1) is 16.7 Å². The third-order valence-corrected chi connectivity index (χ3v) is 6.13. The lowest BCUT2D eigenvalue weighted by molar-refractivity contribution is -0.140. The number of nitrogens with one attached hydrogen (secondary N) is 1. The molecule has 1 rings (SSSR count). The van der Waals surface area contributed by atoms with Crippen LogP contribution in [0.2, 0.25) is 0 Å². The molecule has 1 atom stereocenters. The fourth-order valence-corrected chi connectivity index (χ4v) is 3.37. The number of rotatable bonds is 8. The lowest BCUT2D eigenvalue weighted by Gasteiger charge is -2.28. The fraction of sp³-hybridized carbons (Fsp3) is 0.842. The summed E-state index contributed by atoms with van der Waals surface area (Å²) >= 11 is 5.51. The first-order chi connectivity index (χ1) is 11.1. The number of nitrogens with zero attached hydrogens (tertiary/aromatic N) is 1. The van der Waals surface area contributed by atoms with Gasteiger partial charge in [-0.05, 0) is 31.1 Å². The van der Waals surface area contributed by atoms with Crippen molar-refractivity contribution >= 4 is 29.0 Å². The van der Waals surface area contributed by atoms with Gasteiger partial charge in [-0.3, -0.25) is 14.5 Å². The Balaban J connectivity index is 2.37. The normalized spacial score (nSPS) is 19.1. The highest BCUT2D eigenvalue weighted by atomic mass is 32.1. The molecule has 0 aromatic carbocycles. The molecule has 1 heterocycles. The van der Waals surface area contributed by atoms with Crippen molar-refractivity contribution in [3.63, 3.8) is 0 Å². The van der Waals surface area contributed by atoms with Gasteiger partial charge in [0.05, 0.1) is 10.9 Å². The van der Waals surface area contributed by atoms with Crippen LogP contribution in [0.1, 0.15) is 73.6 Å². The molecule has 0 aliphatic carbocycles. The van der Waals surface area contributed by atoms with E-state index in [1.165, 1.54) is 4.90 Å². The fourth-order valence-electron chi connectivity index (χ4n) is 2.98. The highest BCUT2D eigenvalue weighted by molar-refractivity contribution is 7.80. The lowest BCUT2D eigenvalue weighted by atomic mass is 9.80. The van der Waals surface area contributed by atoms with E-state index in [1.54, 1.807) is 0 Å². The summed E-state index contributed by atoms with van der Waals surface area (Å²) < 4.78 is 0. The second-order valence-electron chi connectivity index (χ2n) is 8.24. The van der Waals surface area contributed by atoms with Crippen LogP contribution < -0.4 is 5.32 Å². The van der Waals surface area contributed by atoms with Crippen LogP contribution in [0.4, 0.5) is 0 Å². The van der Waals surface area contributed by atoms with E-state index in [2.05, 4.69) is 26.1 Å². The minimum absolute atomic E-state index is 0.000483. The van der Waals surface area contributed by atoms with E-state index in [0.29, 0.717) is 13.0 Å². The van der Waals surface area contributed by atoms with Gasteiger partial charge < -0.3 is 5.32 Å². The standard InChI is InChI=1S/C19H34N2O2S/c1-7-19(6,8-2)17(24)20-11-9-10-12-21-15(22)13-14(16(21)23)18(3,4)5/h14H,7-13H2,1-6H3,(H,20,24). The van der Waals surface area contributed by atoms with Crippen molar-refractivity contribution in [2.24, 2.45) is 16.7 Å². The number of thiocarbonyl (C=S) groups is 1. The SMILES string of the molecule is CCC(C)(CC)C(=S)NCCCCN1C(=O)CC(C(C)(C)C)C1=O. The van der Waals surface area contributed by atoms with Gasteiger partial charge in [0.25, 0.3) is 0 Å². The average Bonchev–Trinajstić information content (AvgIpc) is 2.81. The Kier molecular flexibility index (Phi) is 7.39. The van der Waals surface area contributed by atoms with Gasteiger partial charge in [0.2, 0.25) is 11.8 Å². The topological polar surface area (TPSA) is 49.4 Å². The molecule has 0 aromatic rings. The van der Waals surface area contributed by atoms with Crippen molar-refractivity contribution in [2.45, 2.75) is 73.6 Å². The number of likely N-dealkylation sites (tertiary alicyclic amines) is 1. The number of hydrogen-bond donors (Lipinski definition) is 1. The smallest absolute Gasteiger partial charge is 0.233 e. The summed E-state index contributed by atoms with van der Waals surface area (Å²) in [4.78, 5) is 26.9. The second-order valence-corrected chi connectivity index (χ2v) is 8.65. The molecular formula is C19H34N2O2S. The van der Waals surface area contributed by atoms with Crippen LogP contribution in [-0.2, 0) is 9.59 Å². The Morgan fingerprint density at radius 3 is 2.21 bits per heavy atom. The summed E-state index contributed by atoms with van der Waals surface area (Å²) in [7, 11) is 0. The van der Waals surface area contributed by atoms with Crippen molar-refractivity contribution in [3.8, 4) is 0 Å². The quantitative estimate of drug-likeness (QED) is 0.408. The predicted octanol–water partition coefficient (Wildman–Crippen LogP) is 3.93. The maximum atomic E-state index is 12.4. The molecule has 1 N–H and O–H groups in total. The van der Waals surface area contributed by atoms with Crippen molar-refractivity contribution in [2.75, 3.05) is 13.1 Å². The van der Waals surface area contributed by atoms with Gasteiger partial charge in [-0.2, -0.15) is 0 Å². The van der Waals surface area contributed by atoms with E-state index in [4.69, 9.17) is 12.2 Å². The molecule has 0 aromatic heterocycles. The summed E-state index contributed by atoms with van der Waals surface area (Å²) in [6, 6.07) is 0. The zero-order valence-corrected chi connectivity index (χ0v) is 17.0. The van der Waals surface area contributed by atoms with Crippen LogP contribution in [0.15, 0.2) is 0 Å². The van der Waals surface area contributed by atoms with Crippen LogP contribution in [0.5, 0.6) is 0 Å². The summed E-state index contributed by atoms with van der Waals surface area (Å²) in [6.07, 6.45) is 4.14. The molecule has 4 nitrogen and oxygen atoms in total. The number of unbranched alkanes of at least 4 members (excludes halogenated alkanes) is 1. The summed E-state index contributed by atoms with van der Waals surface area (Å²) in [6.45, 7) is 13.9. The van der Waals surface area contributed by atoms with E-state index in [9.17, 15) is 9.59 Å². The average molecular weight is 355 g/mol. The molecule has 138 valence electrons. The third-order valence-electron chi connectivity index (χ3n) is 5.49. The molecule has 0 spiro atoms. The zero-order chi connectivity index (χ0) is 18.5. The maximum absolute atomic E-state index is 12.4. The van der Waals surface area contributed by atoms with Gasteiger partial charge in [0, 0.05) is 24.9 Å². The molecule has 0 radical (unpaired) electrons. The van der Waals surface area contributed by atoms with Crippen molar-refractivity contribution < 1.29 is 9.59 Å². The first kappa shape index (κ1) is 21.1. The van der Waals surface area contributed by atoms with Crippen LogP contribution in [-0.4, -0.2) is 34.8 Å². The molecule has 1 saturated heterocycles. The highest BCUT2D eigenvalue weighted by Gasteiger charge is 2.44. The number of carbonyl (C=O) groups is 2. The Morgan fingerprint density at radius 1 is 1.17 bits per heavy atom. The molecule has 0 saturated carbocycles. The zero-order valence-electron chi connectivity index (χ0n) is 16.2. The number of amides is 2. The van der Waals surface area contributed by atoms with E-state index in [0.717, 1.165) is 37.2 Å². The van der Waals surface area contributed by atoms with E-state index >= 15 is 0 Å². The van der Waals surface area contributed by atoms with E-state index in [1.807, 2.05) is 20.8 Å². The molecular weight excluding hydrogens is 320 g/mol. The maximum Gasteiger partial charge on any atom is 0.233 e. The van der Waals surface area contributed by atoms with Gasteiger partial charge in [0.1, 0.15) is 0 Å². The summed E-state index contributed by atoms with van der Waals surface area (Å²) in [5, 5.41) is 3.35. The minimum Gasteiger partial charge on any atom is -0.379 e. The lowest BCUT2D eigenvalue weighted by Crippen LogP contribution is -2.37. The van der Waals surface area contributed by atoms with Crippen molar-refractivity contribution in [3.05, 3.63) is 0 Å². The number of imide groups is 1. The molecule has 1 unspecified atom stereocenters. The summed E-state index contributed by atoms with van der Waals surface area (Å²) in [5.74, 6) is -0.195. The number of carbonyl (C=O) groups excluding carboxylic acids is 2. The first-order valence-electron chi connectivity index (χ1n) is 9.19. The van der Waals surface area contributed by atoms with Crippen LogP contribution in [0.25, 0.3) is 0 Å². The molecule has 1 aliphatic rings. The Morgan fingerprint density at radius 2 is 1.75 bits per heavy atom. The molecule has 24 heavy (non-hydrogen) atoms. The van der Waals surface area contributed by atoms with Gasteiger partial charge >= 0.3 is 0 Å². The van der Waals surface area contributed by atoms with Crippen molar-refractivity contribution in [1.82, 2.24) is 10.2 Å². The predicted molar refractivity (Wildman–Crippen MR) is 103 cm³/mol. The van der Waals surface area contributed by atoms with Gasteiger partial charge in [0.15, 0.2) is 0 Å².